The summed E-state index contributed by atoms with van der Waals surface area (Å²) >= 11 is 0. The van der Waals surface area contributed by atoms with Gasteiger partial charge >= 0.3 is 5.97 Å². The van der Waals surface area contributed by atoms with Gasteiger partial charge in [0, 0.05) is 0 Å². The van der Waals surface area contributed by atoms with Gasteiger partial charge in [0.1, 0.15) is 0 Å². The molecule has 0 aromatic heterocycles. The van der Waals surface area contributed by atoms with Crippen molar-refractivity contribution in [3.8, 4) is 0 Å². The van der Waals surface area contributed by atoms with E-state index in [1.54, 1.807) is 0 Å². The minimum Gasteiger partial charge on any atom is -0.469 e. The number of hydrogen-bond acceptors (Lipinski definition) is 2. The lowest BCUT2D eigenvalue weighted by molar-refractivity contribution is -0.147. The van der Waals surface area contributed by atoms with Gasteiger partial charge in [-0.05, 0) is 31.1 Å². The zero-order valence-electron chi connectivity index (χ0n) is 8.88. The molecule has 2 bridgehead atoms. The molecule has 3 unspecified atom stereocenters. The molecule has 0 amide bonds. The summed E-state index contributed by atoms with van der Waals surface area (Å²) in [4.78, 5) is 11.2. The Hall–Kier alpha value is -0.530. The lowest BCUT2D eigenvalue weighted by Crippen LogP contribution is -2.21. The van der Waals surface area contributed by atoms with Gasteiger partial charge in [-0.1, -0.05) is 20.3 Å². The number of carbonyl (C=O) groups is 1. The van der Waals surface area contributed by atoms with Crippen molar-refractivity contribution in [2.24, 2.45) is 17.8 Å². The van der Waals surface area contributed by atoms with E-state index < -0.39 is 0 Å². The molecule has 2 aliphatic rings. The molecule has 0 radical (unpaired) electrons. The van der Waals surface area contributed by atoms with Crippen LogP contribution >= 0.6 is 0 Å². The van der Waals surface area contributed by atoms with Crippen molar-refractivity contribution in [3.05, 3.63) is 0 Å². The summed E-state index contributed by atoms with van der Waals surface area (Å²) in [5, 5.41) is 0. The summed E-state index contributed by atoms with van der Waals surface area (Å²) in [7, 11) is 1.49. The van der Waals surface area contributed by atoms with Crippen molar-refractivity contribution in [2.45, 2.75) is 39.5 Å². The number of hydrogen-bond donors (Lipinski definition) is 0. The van der Waals surface area contributed by atoms with Crippen LogP contribution in [0, 0.1) is 17.8 Å². The number of rotatable bonds is 1. The van der Waals surface area contributed by atoms with Crippen LogP contribution in [0.2, 0.25) is 0 Å². The standard InChI is InChI=1S/C9H14O2.C2H6/c1-11-9(10)8-5-6-2-3-7(8)4-6;1-2/h6-8H,2-5H2,1H3;1-2H3. The van der Waals surface area contributed by atoms with E-state index in [0.29, 0.717) is 5.92 Å². The van der Waals surface area contributed by atoms with Crippen molar-refractivity contribution >= 4 is 5.97 Å². The van der Waals surface area contributed by atoms with Gasteiger partial charge in [0.05, 0.1) is 13.0 Å². The van der Waals surface area contributed by atoms with E-state index in [4.69, 9.17) is 4.74 Å². The van der Waals surface area contributed by atoms with E-state index in [2.05, 4.69) is 0 Å². The highest BCUT2D eigenvalue weighted by Gasteiger charge is 2.43. The first kappa shape index (κ1) is 10.6. The monoisotopic (exact) mass is 184 g/mol. The fourth-order valence-electron chi connectivity index (χ4n) is 2.68. The quantitative estimate of drug-likeness (QED) is 0.585. The lowest BCUT2D eigenvalue weighted by atomic mass is 9.89. The smallest absolute Gasteiger partial charge is 0.308 e. The van der Waals surface area contributed by atoms with Crippen LogP contribution in [0.3, 0.4) is 0 Å². The van der Waals surface area contributed by atoms with Crippen LogP contribution in [-0.4, -0.2) is 13.1 Å². The van der Waals surface area contributed by atoms with E-state index >= 15 is 0 Å². The van der Waals surface area contributed by atoms with Crippen molar-refractivity contribution in [3.63, 3.8) is 0 Å². The maximum atomic E-state index is 11.2. The topological polar surface area (TPSA) is 26.3 Å². The Labute approximate surface area is 80.7 Å². The zero-order valence-corrected chi connectivity index (χ0v) is 8.88. The van der Waals surface area contributed by atoms with E-state index in [1.165, 1.54) is 26.4 Å². The summed E-state index contributed by atoms with van der Waals surface area (Å²) in [6, 6.07) is 0. The molecule has 0 aliphatic heterocycles. The third-order valence-corrected chi connectivity index (χ3v) is 3.24. The number of esters is 1. The third-order valence-electron chi connectivity index (χ3n) is 3.24. The Morgan fingerprint density at radius 1 is 1.23 bits per heavy atom. The van der Waals surface area contributed by atoms with Crippen LogP contribution in [0.1, 0.15) is 39.5 Å². The van der Waals surface area contributed by atoms with Crippen molar-refractivity contribution in [1.82, 2.24) is 0 Å². The van der Waals surface area contributed by atoms with Crippen LogP contribution in [-0.2, 0) is 9.53 Å². The molecular weight excluding hydrogens is 164 g/mol. The predicted octanol–water partition coefficient (Wildman–Crippen LogP) is 2.62. The Morgan fingerprint density at radius 3 is 2.31 bits per heavy atom. The Kier molecular flexibility index (Phi) is 3.76. The molecule has 13 heavy (non-hydrogen) atoms. The molecule has 2 fully saturated rings. The summed E-state index contributed by atoms with van der Waals surface area (Å²) in [5.74, 6) is 1.77. The van der Waals surface area contributed by atoms with Crippen LogP contribution in [0.5, 0.6) is 0 Å². The largest absolute Gasteiger partial charge is 0.469 e. The third kappa shape index (κ3) is 2.04. The normalized spacial score (nSPS) is 35.2. The van der Waals surface area contributed by atoms with Gasteiger partial charge in [-0.15, -0.1) is 0 Å². The second-order valence-electron chi connectivity index (χ2n) is 3.80. The average Bonchev–Trinajstić information content (AvgIpc) is 2.80. The van der Waals surface area contributed by atoms with Crippen molar-refractivity contribution < 1.29 is 9.53 Å². The SMILES string of the molecule is CC.COC(=O)C1CC2CCC1C2. The fourth-order valence-corrected chi connectivity index (χ4v) is 2.68. The molecule has 2 nitrogen and oxygen atoms in total. The van der Waals surface area contributed by atoms with Gasteiger partial charge in [-0.3, -0.25) is 4.79 Å². The number of ether oxygens (including phenoxy) is 1. The maximum Gasteiger partial charge on any atom is 0.308 e. The van der Waals surface area contributed by atoms with Crippen LogP contribution in [0.25, 0.3) is 0 Å². The lowest BCUT2D eigenvalue weighted by Gasteiger charge is -2.18. The minimum atomic E-state index is 0.0252. The van der Waals surface area contributed by atoms with Gasteiger partial charge < -0.3 is 4.74 Å². The van der Waals surface area contributed by atoms with Crippen molar-refractivity contribution in [2.75, 3.05) is 7.11 Å². The van der Waals surface area contributed by atoms with Gasteiger partial charge in [-0.25, -0.2) is 0 Å². The first-order valence-corrected chi connectivity index (χ1v) is 5.39. The Balaban J connectivity index is 0.000000396. The molecule has 2 heteroatoms. The molecule has 0 N–H and O–H groups in total. The van der Waals surface area contributed by atoms with Crippen LogP contribution in [0.15, 0.2) is 0 Å². The van der Waals surface area contributed by atoms with Crippen LogP contribution < -0.4 is 0 Å². The second-order valence-corrected chi connectivity index (χ2v) is 3.80. The first-order chi connectivity index (χ1) is 6.31. The van der Waals surface area contributed by atoms with Gasteiger partial charge in [0.25, 0.3) is 0 Å². The number of methoxy groups -OCH3 is 1. The molecule has 0 heterocycles. The number of carbonyl (C=O) groups excluding carboxylic acids is 1. The highest BCUT2D eigenvalue weighted by Crippen LogP contribution is 2.48. The van der Waals surface area contributed by atoms with Crippen molar-refractivity contribution in [1.29, 1.82) is 0 Å². The maximum absolute atomic E-state index is 11.2. The summed E-state index contributed by atoms with van der Waals surface area (Å²) in [6.07, 6.45) is 4.97. The number of fused-ring (bicyclic) bond motifs is 2. The highest BCUT2D eigenvalue weighted by atomic mass is 16.5. The first-order valence-electron chi connectivity index (χ1n) is 5.39. The van der Waals surface area contributed by atoms with E-state index in [1.807, 2.05) is 13.8 Å². The molecule has 0 saturated heterocycles. The molecule has 3 atom stereocenters. The Morgan fingerprint density at radius 2 is 1.92 bits per heavy atom. The van der Waals surface area contributed by atoms with E-state index in [0.717, 1.165) is 12.3 Å². The zero-order chi connectivity index (χ0) is 9.84. The second kappa shape index (κ2) is 4.64. The fraction of sp³-hybridized carbons (Fsp3) is 0.909. The highest BCUT2D eigenvalue weighted by molar-refractivity contribution is 5.73. The molecule has 0 spiro atoms. The predicted molar refractivity (Wildman–Crippen MR) is 52.3 cm³/mol. The van der Waals surface area contributed by atoms with E-state index in [9.17, 15) is 4.79 Å². The molecule has 0 aromatic rings. The molecule has 0 aromatic carbocycles. The molecule has 76 valence electrons. The van der Waals surface area contributed by atoms with Gasteiger partial charge in [-0.2, -0.15) is 0 Å². The minimum absolute atomic E-state index is 0.0252. The summed E-state index contributed by atoms with van der Waals surface area (Å²) in [6.45, 7) is 4.00. The summed E-state index contributed by atoms with van der Waals surface area (Å²) < 4.78 is 4.75. The molecular formula is C11H20O2. The van der Waals surface area contributed by atoms with Gasteiger partial charge in [0.15, 0.2) is 0 Å². The average molecular weight is 184 g/mol. The summed E-state index contributed by atoms with van der Waals surface area (Å²) in [5.41, 5.74) is 0. The molecule has 2 rings (SSSR count). The molecule has 2 aliphatic carbocycles. The van der Waals surface area contributed by atoms with Gasteiger partial charge in [0.2, 0.25) is 0 Å². The van der Waals surface area contributed by atoms with E-state index in [-0.39, 0.29) is 11.9 Å². The molecule has 2 saturated carbocycles. The Bertz CT molecular complexity index is 177. The van der Waals surface area contributed by atoms with Crippen LogP contribution in [0.4, 0.5) is 0 Å².